The topological polar surface area (TPSA) is 40.6 Å². The van der Waals surface area contributed by atoms with E-state index in [1.54, 1.807) is 34.1 Å². The van der Waals surface area contributed by atoms with Crippen molar-refractivity contribution in [2.24, 2.45) is 0 Å². The van der Waals surface area contributed by atoms with Gasteiger partial charge < -0.3 is 4.90 Å². The molecule has 162 valence electrons. The summed E-state index contributed by atoms with van der Waals surface area (Å²) in [5.41, 5.74) is 5.38. The summed E-state index contributed by atoms with van der Waals surface area (Å²) in [6, 6.07) is 21.9. The molecule has 1 saturated heterocycles. The molecule has 1 atom stereocenters. The fourth-order valence-corrected chi connectivity index (χ4v) is 4.11. The van der Waals surface area contributed by atoms with Gasteiger partial charge in [0.25, 0.3) is 5.91 Å². The van der Waals surface area contributed by atoms with Crippen LogP contribution < -0.4 is 9.80 Å². The van der Waals surface area contributed by atoms with E-state index in [2.05, 4.69) is 0 Å². The van der Waals surface area contributed by atoms with Crippen LogP contribution in [0.5, 0.6) is 0 Å². The quantitative estimate of drug-likeness (QED) is 0.509. The molecule has 32 heavy (non-hydrogen) atoms. The number of nitrogens with zero attached hydrogens (tertiary/aromatic N) is 2. The van der Waals surface area contributed by atoms with Gasteiger partial charge in [-0.2, -0.15) is 0 Å². The number of benzene rings is 3. The standard InChI is InChI=1S/C27H25ClN2O2/c1-18-9-12-24(16-19(18)2)29-17-25(31)30(23-13-10-22(28)11-14-23)26(27(29)32)20(3)15-21-7-5-4-6-8-21/h4-16,26H,17H2,1-3H3/b20-15+/t26-/m1/s1. The molecule has 1 heterocycles. The molecule has 2 amide bonds. The average Bonchev–Trinajstić information content (AvgIpc) is 2.78. The highest BCUT2D eigenvalue weighted by atomic mass is 35.5. The maximum Gasteiger partial charge on any atom is 0.254 e. The third-order valence-corrected chi connectivity index (χ3v) is 6.10. The lowest BCUT2D eigenvalue weighted by atomic mass is 9.98. The van der Waals surface area contributed by atoms with Crippen molar-refractivity contribution in [3.8, 4) is 0 Å². The van der Waals surface area contributed by atoms with Gasteiger partial charge in [-0.15, -0.1) is 0 Å². The van der Waals surface area contributed by atoms with Crippen molar-refractivity contribution in [1.29, 1.82) is 0 Å². The molecular formula is C27H25ClN2O2. The Bertz CT molecular complexity index is 1190. The molecule has 1 fully saturated rings. The van der Waals surface area contributed by atoms with Gasteiger partial charge in [0, 0.05) is 16.4 Å². The summed E-state index contributed by atoms with van der Waals surface area (Å²) in [4.78, 5) is 30.4. The maximum absolute atomic E-state index is 13.8. The molecule has 0 N–H and O–H groups in total. The molecule has 0 saturated carbocycles. The minimum Gasteiger partial charge on any atom is -0.301 e. The third kappa shape index (κ3) is 4.32. The van der Waals surface area contributed by atoms with Gasteiger partial charge in [0.1, 0.15) is 12.6 Å². The molecule has 4 nitrogen and oxygen atoms in total. The Hall–Kier alpha value is -3.37. The smallest absolute Gasteiger partial charge is 0.254 e. The van der Waals surface area contributed by atoms with E-state index in [1.807, 2.05) is 75.4 Å². The van der Waals surface area contributed by atoms with Crippen molar-refractivity contribution in [3.05, 3.63) is 100 Å². The van der Waals surface area contributed by atoms with Crippen LogP contribution in [0.15, 0.2) is 78.4 Å². The van der Waals surface area contributed by atoms with Crippen molar-refractivity contribution in [2.75, 3.05) is 16.3 Å². The van der Waals surface area contributed by atoms with Gasteiger partial charge >= 0.3 is 0 Å². The van der Waals surface area contributed by atoms with Crippen molar-refractivity contribution in [3.63, 3.8) is 0 Å². The van der Waals surface area contributed by atoms with Gasteiger partial charge in [0.2, 0.25) is 5.91 Å². The minimum absolute atomic E-state index is 0.0148. The van der Waals surface area contributed by atoms with Crippen LogP contribution >= 0.6 is 11.6 Å². The first-order valence-electron chi connectivity index (χ1n) is 10.5. The van der Waals surface area contributed by atoms with E-state index < -0.39 is 6.04 Å². The van der Waals surface area contributed by atoms with Gasteiger partial charge in [-0.25, -0.2) is 0 Å². The van der Waals surface area contributed by atoms with E-state index in [4.69, 9.17) is 11.6 Å². The Morgan fingerprint density at radius 2 is 1.56 bits per heavy atom. The summed E-state index contributed by atoms with van der Waals surface area (Å²) in [6.07, 6.45) is 1.96. The highest BCUT2D eigenvalue weighted by molar-refractivity contribution is 6.30. The fraction of sp³-hybridized carbons (Fsp3) is 0.185. The number of aryl methyl sites for hydroxylation is 2. The number of carbonyl (C=O) groups excluding carboxylic acids is 2. The van der Waals surface area contributed by atoms with Crippen LogP contribution in [0.2, 0.25) is 5.02 Å². The number of carbonyl (C=O) groups is 2. The average molecular weight is 445 g/mol. The Labute approximate surface area is 193 Å². The minimum atomic E-state index is -0.751. The number of hydrogen-bond donors (Lipinski definition) is 0. The van der Waals surface area contributed by atoms with E-state index in [1.165, 1.54) is 0 Å². The maximum atomic E-state index is 13.8. The number of halogens is 1. The molecule has 0 aromatic heterocycles. The van der Waals surface area contributed by atoms with E-state index in [0.717, 1.165) is 28.0 Å². The summed E-state index contributed by atoms with van der Waals surface area (Å²) >= 11 is 6.06. The largest absolute Gasteiger partial charge is 0.301 e. The van der Waals surface area contributed by atoms with Crippen LogP contribution in [0.25, 0.3) is 6.08 Å². The predicted octanol–water partition coefficient (Wildman–Crippen LogP) is 5.81. The Kier molecular flexibility index (Phi) is 6.15. The van der Waals surface area contributed by atoms with Crippen LogP contribution in [-0.2, 0) is 9.59 Å². The Balaban J connectivity index is 1.80. The predicted molar refractivity (Wildman–Crippen MR) is 131 cm³/mol. The SMILES string of the molecule is C/C(=C\c1ccccc1)[C@@H]1C(=O)N(c2ccc(C)c(C)c2)CC(=O)N1c1ccc(Cl)cc1. The first kappa shape index (κ1) is 21.8. The molecule has 1 aliphatic heterocycles. The second kappa shape index (κ2) is 9.01. The number of hydrogen-bond acceptors (Lipinski definition) is 2. The van der Waals surface area contributed by atoms with Gasteiger partial charge in [0.15, 0.2) is 0 Å². The van der Waals surface area contributed by atoms with E-state index in [0.29, 0.717) is 10.7 Å². The summed E-state index contributed by atoms with van der Waals surface area (Å²) in [5, 5.41) is 0.578. The Morgan fingerprint density at radius 3 is 2.22 bits per heavy atom. The third-order valence-electron chi connectivity index (χ3n) is 5.85. The lowest BCUT2D eigenvalue weighted by molar-refractivity contribution is -0.127. The summed E-state index contributed by atoms with van der Waals surface area (Å²) in [7, 11) is 0. The number of rotatable bonds is 4. The fourth-order valence-electron chi connectivity index (χ4n) is 3.99. The lowest BCUT2D eigenvalue weighted by Gasteiger charge is -2.41. The highest BCUT2D eigenvalue weighted by Crippen LogP contribution is 2.31. The first-order valence-corrected chi connectivity index (χ1v) is 10.9. The molecular weight excluding hydrogens is 420 g/mol. The molecule has 0 radical (unpaired) electrons. The van der Waals surface area contributed by atoms with E-state index in [-0.39, 0.29) is 18.4 Å². The monoisotopic (exact) mass is 444 g/mol. The van der Waals surface area contributed by atoms with Crippen LogP contribution in [0, 0.1) is 13.8 Å². The van der Waals surface area contributed by atoms with Crippen molar-refractivity contribution in [2.45, 2.75) is 26.8 Å². The van der Waals surface area contributed by atoms with Gasteiger partial charge in [-0.05, 0) is 79.4 Å². The normalized spacial score (nSPS) is 17.1. The zero-order valence-electron chi connectivity index (χ0n) is 18.4. The second-order valence-corrected chi connectivity index (χ2v) is 8.57. The van der Waals surface area contributed by atoms with Crippen molar-refractivity contribution in [1.82, 2.24) is 0 Å². The molecule has 0 unspecified atom stereocenters. The summed E-state index contributed by atoms with van der Waals surface area (Å²) in [5.74, 6) is -0.275. The molecule has 5 heteroatoms. The van der Waals surface area contributed by atoms with Crippen molar-refractivity contribution < 1.29 is 9.59 Å². The molecule has 3 aromatic rings. The number of piperazine rings is 1. The molecule has 4 rings (SSSR count). The van der Waals surface area contributed by atoms with Gasteiger partial charge in [-0.1, -0.05) is 54.1 Å². The zero-order chi connectivity index (χ0) is 22.8. The molecule has 1 aliphatic rings. The number of anilines is 2. The highest BCUT2D eigenvalue weighted by Gasteiger charge is 2.41. The van der Waals surface area contributed by atoms with Crippen LogP contribution in [0.3, 0.4) is 0 Å². The molecule has 3 aromatic carbocycles. The van der Waals surface area contributed by atoms with Crippen LogP contribution in [0.4, 0.5) is 11.4 Å². The Morgan fingerprint density at radius 1 is 0.906 bits per heavy atom. The number of amides is 2. The molecule has 0 bridgehead atoms. The molecule has 0 aliphatic carbocycles. The van der Waals surface area contributed by atoms with Gasteiger partial charge in [0.05, 0.1) is 0 Å². The van der Waals surface area contributed by atoms with E-state index in [9.17, 15) is 9.59 Å². The summed E-state index contributed by atoms with van der Waals surface area (Å²) in [6.45, 7) is 5.92. The van der Waals surface area contributed by atoms with Gasteiger partial charge in [-0.3, -0.25) is 14.5 Å². The van der Waals surface area contributed by atoms with Crippen LogP contribution in [-0.4, -0.2) is 24.4 Å². The lowest BCUT2D eigenvalue weighted by Crippen LogP contribution is -2.61. The second-order valence-electron chi connectivity index (χ2n) is 8.13. The summed E-state index contributed by atoms with van der Waals surface area (Å²) < 4.78 is 0. The van der Waals surface area contributed by atoms with Crippen LogP contribution in [0.1, 0.15) is 23.6 Å². The first-order chi connectivity index (χ1) is 15.3. The van der Waals surface area contributed by atoms with E-state index >= 15 is 0 Å². The molecule has 0 spiro atoms. The van der Waals surface area contributed by atoms with Crippen molar-refractivity contribution >= 4 is 40.9 Å². The zero-order valence-corrected chi connectivity index (χ0v) is 19.1.